The first-order chi connectivity index (χ1) is 19.0. The van der Waals surface area contributed by atoms with Crippen molar-refractivity contribution in [3.63, 3.8) is 0 Å². The number of hydrogen-bond donors (Lipinski definition) is 3. The van der Waals surface area contributed by atoms with Crippen LogP contribution in [0.2, 0.25) is 0 Å². The standard InChI is InChI=1S/C27H30F3N7O3/c1-13(14-5-6-14)36-12-16-9-15(10-20(21(16)26(36)39)40-27(28,29)30)19-7-8-37-24(34-19)22(23(32)35-37)25(38)33-18-4-2-3-17(31)11-18/h7-10,13-14,17-18H,2-6,11-12,31H2,1H3,(H2,32,35)(H,33,38)/t13-,17-,18+/m0/s1. The van der Waals surface area contributed by atoms with Gasteiger partial charge in [-0.25, -0.2) is 9.50 Å². The van der Waals surface area contributed by atoms with Gasteiger partial charge in [0, 0.05) is 36.4 Å². The third-order valence-electron chi connectivity index (χ3n) is 8.11. The lowest BCUT2D eigenvalue weighted by Gasteiger charge is -2.27. The number of nitrogens with zero attached hydrogens (tertiary/aromatic N) is 4. The second-order valence-electron chi connectivity index (χ2n) is 11.0. The van der Waals surface area contributed by atoms with E-state index in [9.17, 15) is 22.8 Å². The second kappa shape index (κ2) is 9.65. The lowest BCUT2D eigenvalue weighted by Crippen LogP contribution is -2.42. The van der Waals surface area contributed by atoms with Gasteiger partial charge in [-0.3, -0.25) is 9.59 Å². The highest BCUT2D eigenvalue weighted by atomic mass is 19.4. The highest BCUT2D eigenvalue weighted by Gasteiger charge is 2.42. The van der Waals surface area contributed by atoms with Gasteiger partial charge in [0.1, 0.15) is 11.3 Å². The lowest BCUT2D eigenvalue weighted by molar-refractivity contribution is -0.274. The minimum atomic E-state index is -4.99. The van der Waals surface area contributed by atoms with E-state index < -0.39 is 23.9 Å². The number of fused-ring (bicyclic) bond motifs is 2. The number of alkyl halides is 3. The van der Waals surface area contributed by atoms with Crippen molar-refractivity contribution in [2.45, 2.75) is 76.5 Å². The maximum atomic E-state index is 13.4. The molecule has 6 rings (SSSR count). The number of benzene rings is 1. The SMILES string of the molecule is C[C@@H](C1CC1)N1Cc2cc(-c3ccn4nc(N)c(C(=O)N[C@@H]5CCC[C@H](N)C5)c4n3)cc(OC(F)(F)F)c2C1=O. The van der Waals surface area contributed by atoms with Gasteiger partial charge in [-0.15, -0.1) is 18.3 Å². The Morgan fingerprint density at radius 3 is 2.70 bits per heavy atom. The molecular weight excluding hydrogens is 527 g/mol. The van der Waals surface area contributed by atoms with Gasteiger partial charge in [0.15, 0.2) is 11.5 Å². The molecule has 2 aliphatic carbocycles. The Morgan fingerprint density at radius 1 is 1.23 bits per heavy atom. The smallest absolute Gasteiger partial charge is 0.405 e. The maximum Gasteiger partial charge on any atom is 0.573 e. The summed E-state index contributed by atoms with van der Waals surface area (Å²) in [6, 6.07) is 4.18. The number of nitrogens with two attached hydrogens (primary N) is 2. The summed E-state index contributed by atoms with van der Waals surface area (Å²) in [4.78, 5) is 32.6. The van der Waals surface area contributed by atoms with Crippen LogP contribution in [0.3, 0.4) is 0 Å². The fourth-order valence-electron chi connectivity index (χ4n) is 5.90. The number of nitrogen functional groups attached to an aromatic ring is 1. The molecule has 1 aromatic carbocycles. The minimum absolute atomic E-state index is 0.00743. The van der Waals surface area contributed by atoms with E-state index in [-0.39, 0.29) is 53.0 Å². The van der Waals surface area contributed by atoms with Gasteiger partial charge in [0.25, 0.3) is 11.8 Å². The van der Waals surface area contributed by atoms with E-state index in [0.717, 1.165) is 38.2 Å². The fraction of sp³-hybridized carbons (Fsp3) is 0.481. The van der Waals surface area contributed by atoms with Crippen molar-refractivity contribution in [3.05, 3.63) is 41.1 Å². The molecule has 2 saturated carbocycles. The Bertz CT molecular complexity index is 1500. The third kappa shape index (κ3) is 4.93. The Balaban J connectivity index is 1.37. The van der Waals surface area contributed by atoms with E-state index in [1.165, 1.54) is 10.7 Å². The Morgan fingerprint density at radius 2 is 2.00 bits per heavy atom. The summed E-state index contributed by atoms with van der Waals surface area (Å²) in [7, 11) is 0. The molecule has 3 aromatic rings. The maximum absolute atomic E-state index is 13.4. The molecule has 0 radical (unpaired) electrons. The van der Waals surface area contributed by atoms with Gasteiger partial charge in [-0.2, -0.15) is 0 Å². The van der Waals surface area contributed by atoms with Crippen LogP contribution in [-0.2, 0) is 6.54 Å². The van der Waals surface area contributed by atoms with Crippen LogP contribution in [0.1, 0.15) is 71.7 Å². The highest BCUT2D eigenvalue weighted by molar-refractivity contribution is 6.05. The van der Waals surface area contributed by atoms with Crippen molar-refractivity contribution in [3.8, 4) is 17.0 Å². The van der Waals surface area contributed by atoms with E-state index in [2.05, 4.69) is 20.1 Å². The number of anilines is 1. The van der Waals surface area contributed by atoms with E-state index in [0.29, 0.717) is 23.5 Å². The number of halogens is 3. The average molecular weight is 558 g/mol. The van der Waals surface area contributed by atoms with E-state index in [4.69, 9.17) is 11.5 Å². The van der Waals surface area contributed by atoms with Crippen LogP contribution in [0, 0.1) is 5.92 Å². The van der Waals surface area contributed by atoms with Crippen LogP contribution < -0.4 is 21.5 Å². The first-order valence-electron chi connectivity index (χ1n) is 13.4. The molecule has 3 aliphatic rings. The van der Waals surface area contributed by atoms with Crippen molar-refractivity contribution in [1.29, 1.82) is 0 Å². The Kier molecular flexibility index (Phi) is 6.36. The van der Waals surface area contributed by atoms with Gasteiger partial charge in [-0.1, -0.05) is 0 Å². The van der Waals surface area contributed by atoms with Gasteiger partial charge in [-0.05, 0) is 75.1 Å². The van der Waals surface area contributed by atoms with E-state index in [1.807, 2.05) is 6.92 Å². The topological polar surface area (TPSA) is 141 Å². The summed E-state index contributed by atoms with van der Waals surface area (Å²) in [6.07, 6.45) is 1.76. The molecule has 0 spiro atoms. The fourth-order valence-corrected chi connectivity index (χ4v) is 5.90. The zero-order chi connectivity index (χ0) is 28.3. The lowest BCUT2D eigenvalue weighted by atomic mass is 9.91. The summed E-state index contributed by atoms with van der Waals surface area (Å²) in [5, 5.41) is 7.15. The van der Waals surface area contributed by atoms with Crippen LogP contribution in [-0.4, -0.2) is 55.8 Å². The molecule has 10 nitrogen and oxygen atoms in total. The second-order valence-corrected chi connectivity index (χ2v) is 11.0. The molecule has 40 heavy (non-hydrogen) atoms. The normalized spacial score (nSPS) is 21.9. The molecule has 1 aliphatic heterocycles. The zero-order valence-corrected chi connectivity index (χ0v) is 21.9. The minimum Gasteiger partial charge on any atom is -0.405 e. The van der Waals surface area contributed by atoms with Crippen LogP contribution >= 0.6 is 0 Å². The molecule has 2 fully saturated rings. The quantitative estimate of drug-likeness (QED) is 0.420. The molecule has 3 heterocycles. The summed E-state index contributed by atoms with van der Waals surface area (Å²) in [6.45, 7) is 2.09. The molecule has 212 valence electrons. The first kappa shape index (κ1) is 26.4. The van der Waals surface area contributed by atoms with Crippen molar-refractivity contribution in [2.75, 3.05) is 5.73 Å². The van der Waals surface area contributed by atoms with Crippen LogP contribution in [0.25, 0.3) is 16.9 Å². The molecule has 2 amide bonds. The monoisotopic (exact) mass is 557 g/mol. The largest absolute Gasteiger partial charge is 0.573 e. The molecular formula is C27H30F3N7O3. The number of nitrogens with one attached hydrogen (secondary N) is 1. The number of amides is 2. The zero-order valence-electron chi connectivity index (χ0n) is 21.9. The molecule has 2 aromatic heterocycles. The Hall–Kier alpha value is -3.87. The third-order valence-corrected chi connectivity index (χ3v) is 8.11. The number of carbonyl (C=O) groups is 2. The molecule has 0 bridgehead atoms. The van der Waals surface area contributed by atoms with Crippen molar-refractivity contribution in [1.82, 2.24) is 24.8 Å². The molecule has 0 unspecified atom stereocenters. The number of carbonyl (C=O) groups excluding carboxylic acids is 2. The number of ether oxygens (including phenoxy) is 1. The Labute approximate surface area is 227 Å². The van der Waals surface area contributed by atoms with E-state index in [1.54, 1.807) is 17.0 Å². The van der Waals surface area contributed by atoms with Crippen molar-refractivity contribution < 1.29 is 27.5 Å². The average Bonchev–Trinajstić information content (AvgIpc) is 3.59. The highest BCUT2D eigenvalue weighted by Crippen LogP contribution is 2.42. The van der Waals surface area contributed by atoms with Crippen LogP contribution in [0.15, 0.2) is 24.4 Å². The molecule has 13 heteroatoms. The number of rotatable bonds is 6. The van der Waals surface area contributed by atoms with Gasteiger partial charge in [0.2, 0.25) is 0 Å². The summed E-state index contributed by atoms with van der Waals surface area (Å²) in [5.41, 5.74) is 13.3. The molecule has 3 atom stereocenters. The number of aromatic nitrogens is 3. The van der Waals surface area contributed by atoms with E-state index >= 15 is 0 Å². The van der Waals surface area contributed by atoms with Crippen LogP contribution in [0.4, 0.5) is 19.0 Å². The predicted molar refractivity (Wildman–Crippen MR) is 139 cm³/mol. The van der Waals surface area contributed by atoms with Gasteiger partial charge in [0.05, 0.1) is 11.3 Å². The summed E-state index contributed by atoms with van der Waals surface area (Å²) >= 11 is 0. The summed E-state index contributed by atoms with van der Waals surface area (Å²) in [5.74, 6) is -1.17. The van der Waals surface area contributed by atoms with Crippen molar-refractivity contribution >= 4 is 23.3 Å². The first-order valence-corrected chi connectivity index (χ1v) is 13.4. The van der Waals surface area contributed by atoms with Gasteiger partial charge >= 0.3 is 6.36 Å². The van der Waals surface area contributed by atoms with Crippen molar-refractivity contribution in [2.24, 2.45) is 11.7 Å². The molecule has 5 N–H and O–H groups in total. The van der Waals surface area contributed by atoms with Gasteiger partial charge < -0.3 is 26.4 Å². The number of hydrogen-bond acceptors (Lipinski definition) is 7. The molecule has 0 saturated heterocycles. The van der Waals surface area contributed by atoms with Crippen LogP contribution in [0.5, 0.6) is 5.75 Å². The predicted octanol–water partition coefficient (Wildman–Crippen LogP) is 3.63. The summed E-state index contributed by atoms with van der Waals surface area (Å²) < 4.78 is 45.9.